The topological polar surface area (TPSA) is 61.5 Å². The third-order valence-electron chi connectivity index (χ3n) is 4.50. The molecule has 1 aliphatic rings. The summed E-state index contributed by atoms with van der Waals surface area (Å²) in [5.41, 5.74) is 5.13. The summed E-state index contributed by atoms with van der Waals surface area (Å²) in [7, 11) is 0. The lowest BCUT2D eigenvalue weighted by atomic mass is 9.85. The van der Waals surface area contributed by atoms with Crippen LogP contribution in [0, 0.1) is 5.92 Å². The maximum atomic E-state index is 11.7. The van der Waals surface area contributed by atoms with Crippen molar-refractivity contribution in [3.05, 3.63) is 0 Å². The zero-order valence-electron chi connectivity index (χ0n) is 14.0. The summed E-state index contributed by atoms with van der Waals surface area (Å²) in [6, 6.07) is 0. The first-order valence-electron chi connectivity index (χ1n) is 8.57. The number of carbonyl (C=O) groups excluding carboxylic acids is 1. The Morgan fingerprint density at radius 1 is 1.29 bits per heavy atom. The molecule has 2 N–H and O–H groups in total. The molecule has 0 aromatic heterocycles. The fourth-order valence-electron chi connectivity index (χ4n) is 3.01. The molecule has 0 radical (unpaired) electrons. The minimum absolute atomic E-state index is 0.302. The van der Waals surface area contributed by atoms with Crippen molar-refractivity contribution in [1.82, 2.24) is 0 Å². The van der Waals surface area contributed by atoms with Crippen LogP contribution >= 0.6 is 0 Å². The molecule has 4 heteroatoms. The van der Waals surface area contributed by atoms with Gasteiger partial charge in [-0.2, -0.15) is 0 Å². The third-order valence-corrected chi connectivity index (χ3v) is 4.50. The first-order chi connectivity index (χ1) is 9.99. The number of hydrogen-bond donors (Lipinski definition) is 1. The van der Waals surface area contributed by atoms with Crippen LogP contribution in [0.15, 0.2) is 0 Å². The van der Waals surface area contributed by atoms with Crippen LogP contribution in [0.25, 0.3) is 0 Å². The number of ether oxygens (including phenoxy) is 2. The van der Waals surface area contributed by atoms with E-state index in [0.29, 0.717) is 19.1 Å². The van der Waals surface area contributed by atoms with E-state index in [1.54, 1.807) is 13.8 Å². The van der Waals surface area contributed by atoms with Crippen molar-refractivity contribution in [3.8, 4) is 0 Å². The monoisotopic (exact) mass is 299 g/mol. The van der Waals surface area contributed by atoms with E-state index >= 15 is 0 Å². The zero-order chi connectivity index (χ0) is 15.7. The van der Waals surface area contributed by atoms with Crippen molar-refractivity contribution in [2.75, 3.05) is 13.2 Å². The molecule has 3 unspecified atom stereocenters. The van der Waals surface area contributed by atoms with E-state index < -0.39 is 5.54 Å². The van der Waals surface area contributed by atoms with E-state index in [2.05, 4.69) is 6.92 Å². The van der Waals surface area contributed by atoms with Gasteiger partial charge in [-0.1, -0.05) is 26.2 Å². The minimum atomic E-state index is -0.867. The summed E-state index contributed by atoms with van der Waals surface area (Å²) in [5.74, 6) is 0.545. The molecule has 0 aromatic rings. The highest BCUT2D eigenvalue weighted by Gasteiger charge is 2.29. The highest BCUT2D eigenvalue weighted by molar-refractivity contribution is 5.79. The van der Waals surface area contributed by atoms with Gasteiger partial charge in [-0.15, -0.1) is 0 Å². The van der Waals surface area contributed by atoms with Crippen LogP contribution in [0.3, 0.4) is 0 Å². The molecule has 124 valence electrons. The minimum Gasteiger partial charge on any atom is -0.465 e. The van der Waals surface area contributed by atoms with Gasteiger partial charge in [-0.3, -0.25) is 4.79 Å². The van der Waals surface area contributed by atoms with Crippen LogP contribution in [0.2, 0.25) is 0 Å². The Balaban J connectivity index is 2.12. The van der Waals surface area contributed by atoms with Crippen LogP contribution < -0.4 is 5.73 Å². The predicted octanol–water partition coefficient (Wildman–Crippen LogP) is 3.42. The Kier molecular flexibility index (Phi) is 8.27. The molecule has 0 saturated heterocycles. The van der Waals surface area contributed by atoms with E-state index in [1.807, 2.05) is 0 Å². The third kappa shape index (κ3) is 6.79. The fourth-order valence-corrected chi connectivity index (χ4v) is 3.01. The van der Waals surface area contributed by atoms with E-state index in [-0.39, 0.29) is 5.97 Å². The summed E-state index contributed by atoms with van der Waals surface area (Å²) in [6.07, 6.45) is 9.30. The van der Waals surface area contributed by atoms with Gasteiger partial charge in [0.1, 0.15) is 5.54 Å². The molecule has 3 atom stereocenters. The average molecular weight is 299 g/mol. The standard InChI is InChI=1S/C17H33NO3/c1-4-14-9-8-10-15(13-14)21-12-7-6-11-17(3,18)16(19)20-5-2/h14-15H,4-13,18H2,1-3H3. The predicted molar refractivity (Wildman–Crippen MR) is 85.1 cm³/mol. The van der Waals surface area contributed by atoms with Crippen LogP contribution in [-0.2, 0) is 14.3 Å². The van der Waals surface area contributed by atoms with Gasteiger partial charge in [-0.25, -0.2) is 0 Å². The lowest BCUT2D eigenvalue weighted by Crippen LogP contribution is -2.46. The lowest BCUT2D eigenvalue weighted by Gasteiger charge is -2.28. The molecule has 1 rings (SSSR count). The largest absolute Gasteiger partial charge is 0.465 e. The van der Waals surface area contributed by atoms with Crippen LogP contribution in [0.5, 0.6) is 0 Å². The molecule has 0 bridgehead atoms. The Morgan fingerprint density at radius 2 is 2.05 bits per heavy atom. The second-order valence-electron chi connectivity index (χ2n) is 6.53. The fraction of sp³-hybridized carbons (Fsp3) is 0.941. The molecule has 0 amide bonds. The summed E-state index contributed by atoms with van der Waals surface area (Å²) in [5, 5.41) is 0. The first-order valence-corrected chi connectivity index (χ1v) is 8.57. The Labute approximate surface area is 129 Å². The zero-order valence-corrected chi connectivity index (χ0v) is 14.0. The first kappa shape index (κ1) is 18.4. The van der Waals surface area contributed by atoms with Crippen molar-refractivity contribution in [3.63, 3.8) is 0 Å². The number of nitrogens with two attached hydrogens (primary N) is 1. The number of esters is 1. The second-order valence-corrected chi connectivity index (χ2v) is 6.53. The average Bonchev–Trinajstić information content (AvgIpc) is 2.47. The van der Waals surface area contributed by atoms with E-state index in [4.69, 9.17) is 15.2 Å². The lowest BCUT2D eigenvalue weighted by molar-refractivity contribution is -0.149. The summed E-state index contributed by atoms with van der Waals surface area (Å²) in [6.45, 7) is 6.98. The van der Waals surface area contributed by atoms with Gasteiger partial charge in [0.2, 0.25) is 0 Å². The highest BCUT2D eigenvalue weighted by Crippen LogP contribution is 2.28. The molecule has 1 saturated carbocycles. The van der Waals surface area contributed by atoms with Gasteiger partial charge in [0.15, 0.2) is 0 Å². The molecule has 21 heavy (non-hydrogen) atoms. The van der Waals surface area contributed by atoms with Gasteiger partial charge in [0, 0.05) is 6.61 Å². The second kappa shape index (κ2) is 9.42. The summed E-state index contributed by atoms with van der Waals surface area (Å²) < 4.78 is 11.0. The maximum absolute atomic E-state index is 11.7. The van der Waals surface area contributed by atoms with Crippen molar-refractivity contribution in [2.24, 2.45) is 11.7 Å². The van der Waals surface area contributed by atoms with Crippen LogP contribution in [0.1, 0.15) is 72.1 Å². The Hall–Kier alpha value is -0.610. The van der Waals surface area contributed by atoms with Crippen molar-refractivity contribution < 1.29 is 14.3 Å². The van der Waals surface area contributed by atoms with Gasteiger partial charge in [0.25, 0.3) is 0 Å². The van der Waals surface area contributed by atoms with Gasteiger partial charge >= 0.3 is 5.97 Å². The smallest absolute Gasteiger partial charge is 0.325 e. The van der Waals surface area contributed by atoms with Crippen molar-refractivity contribution in [1.29, 1.82) is 0 Å². The van der Waals surface area contributed by atoms with Crippen molar-refractivity contribution >= 4 is 5.97 Å². The number of hydrogen-bond acceptors (Lipinski definition) is 4. The molecule has 0 heterocycles. The van der Waals surface area contributed by atoms with Crippen LogP contribution in [0.4, 0.5) is 0 Å². The molecular formula is C17H33NO3. The van der Waals surface area contributed by atoms with Crippen molar-refractivity contribution in [2.45, 2.75) is 83.8 Å². The number of rotatable bonds is 9. The van der Waals surface area contributed by atoms with Gasteiger partial charge in [-0.05, 0) is 51.9 Å². The molecule has 0 aliphatic heterocycles. The normalized spacial score (nSPS) is 25.3. The maximum Gasteiger partial charge on any atom is 0.325 e. The quantitative estimate of drug-likeness (QED) is 0.523. The number of unbranched alkanes of at least 4 members (excludes halogenated alkanes) is 1. The number of carbonyl (C=O) groups is 1. The summed E-state index contributed by atoms with van der Waals surface area (Å²) >= 11 is 0. The van der Waals surface area contributed by atoms with E-state index in [1.165, 1.54) is 32.1 Å². The van der Waals surface area contributed by atoms with E-state index in [9.17, 15) is 4.79 Å². The molecule has 0 spiro atoms. The van der Waals surface area contributed by atoms with Gasteiger partial charge in [0.05, 0.1) is 12.7 Å². The Morgan fingerprint density at radius 3 is 2.71 bits per heavy atom. The highest BCUT2D eigenvalue weighted by atomic mass is 16.5. The Bertz CT molecular complexity index is 304. The SMILES string of the molecule is CCOC(=O)C(C)(N)CCCCOC1CCCC(CC)C1. The summed E-state index contributed by atoms with van der Waals surface area (Å²) in [4.78, 5) is 11.7. The molecule has 1 aliphatic carbocycles. The molecular weight excluding hydrogens is 266 g/mol. The molecule has 0 aromatic carbocycles. The van der Waals surface area contributed by atoms with Crippen LogP contribution in [-0.4, -0.2) is 30.8 Å². The van der Waals surface area contributed by atoms with Gasteiger partial charge < -0.3 is 15.2 Å². The molecule has 1 fully saturated rings. The van der Waals surface area contributed by atoms with E-state index in [0.717, 1.165) is 25.4 Å². The molecule has 4 nitrogen and oxygen atoms in total.